The molecule has 0 fully saturated rings. The van der Waals surface area contributed by atoms with Crippen LogP contribution in [0.3, 0.4) is 0 Å². The first-order valence-corrected chi connectivity index (χ1v) is 11.0. The Morgan fingerprint density at radius 2 is 1.47 bits per heavy atom. The smallest absolute Gasteiger partial charge is 0.419 e. The number of para-hydroxylation sites is 2. The molecule has 0 aliphatic rings. The maximum absolute atomic E-state index is 12.9. The van der Waals surface area contributed by atoms with Crippen molar-refractivity contribution in [1.29, 1.82) is 0 Å². The van der Waals surface area contributed by atoms with Crippen molar-refractivity contribution in [3.8, 4) is 5.75 Å². The summed E-state index contributed by atoms with van der Waals surface area (Å²) < 4.78 is 16.3. The number of hydrogen-bond donors (Lipinski definition) is 0. The third-order valence-corrected chi connectivity index (χ3v) is 4.46. The molecule has 0 aliphatic heterocycles. The molecule has 0 heterocycles. The fourth-order valence-corrected chi connectivity index (χ4v) is 3.10. The minimum Gasteiger partial charge on any atom is -0.482 e. The number of rotatable bonds is 8. The highest BCUT2D eigenvalue weighted by Crippen LogP contribution is 2.25. The molecule has 6 heteroatoms. The molecule has 0 N–H and O–H groups in total. The second-order valence-electron chi connectivity index (χ2n) is 8.43. The van der Waals surface area contributed by atoms with E-state index in [1.54, 1.807) is 18.2 Å². The van der Waals surface area contributed by atoms with Gasteiger partial charge in [-0.25, -0.2) is 14.5 Å². The fraction of sp³-hybridized carbons (Fsp3) is 0.214. The van der Waals surface area contributed by atoms with Crippen molar-refractivity contribution >= 4 is 29.5 Å². The quantitative estimate of drug-likeness (QED) is 0.365. The second kappa shape index (κ2) is 11.7. The monoisotopic (exact) mass is 459 g/mol. The molecule has 0 aromatic heterocycles. The van der Waals surface area contributed by atoms with Crippen LogP contribution in [0.1, 0.15) is 26.3 Å². The lowest BCUT2D eigenvalue weighted by atomic mass is 10.2. The third-order valence-electron chi connectivity index (χ3n) is 4.46. The van der Waals surface area contributed by atoms with Gasteiger partial charge in [-0.05, 0) is 68.8 Å². The van der Waals surface area contributed by atoms with Crippen LogP contribution >= 0.6 is 0 Å². The highest BCUT2D eigenvalue weighted by molar-refractivity contribution is 5.95. The van der Waals surface area contributed by atoms with Crippen LogP contribution in [-0.2, 0) is 14.3 Å². The van der Waals surface area contributed by atoms with Gasteiger partial charge in [-0.2, -0.15) is 0 Å². The molecule has 3 rings (SSSR count). The number of carbonyl (C=O) groups is 2. The first kappa shape index (κ1) is 24.6. The van der Waals surface area contributed by atoms with Crippen molar-refractivity contribution in [3.05, 3.63) is 96.6 Å². The molecule has 34 heavy (non-hydrogen) atoms. The number of amides is 1. The molecule has 6 nitrogen and oxygen atoms in total. The zero-order chi connectivity index (χ0) is 24.4. The Bertz CT molecular complexity index is 1060. The van der Waals surface area contributed by atoms with Crippen LogP contribution in [0.25, 0.3) is 6.08 Å². The van der Waals surface area contributed by atoms with E-state index >= 15 is 0 Å². The van der Waals surface area contributed by atoms with E-state index < -0.39 is 17.7 Å². The Labute approximate surface area is 200 Å². The Morgan fingerprint density at radius 3 is 2.06 bits per heavy atom. The van der Waals surface area contributed by atoms with Gasteiger partial charge in [0.25, 0.3) is 0 Å². The van der Waals surface area contributed by atoms with Crippen LogP contribution in [0.4, 0.5) is 16.2 Å². The minimum absolute atomic E-state index is 0.0952. The van der Waals surface area contributed by atoms with Gasteiger partial charge < -0.3 is 14.2 Å². The summed E-state index contributed by atoms with van der Waals surface area (Å²) in [6, 6.07) is 26.0. The van der Waals surface area contributed by atoms with Gasteiger partial charge in [0.1, 0.15) is 18.0 Å². The van der Waals surface area contributed by atoms with E-state index in [2.05, 4.69) is 0 Å². The first-order chi connectivity index (χ1) is 16.3. The molecule has 0 saturated carbocycles. The molecule has 1 amide bonds. The van der Waals surface area contributed by atoms with E-state index in [4.69, 9.17) is 14.2 Å². The Balaban J connectivity index is 1.57. The maximum Gasteiger partial charge on any atom is 0.419 e. The summed E-state index contributed by atoms with van der Waals surface area (Å²) in [4.78, 5) is 26.2. The summed E-state index contributed by atoms with van der Waals surface area (Å²) in [5.41, 5.74) is 1.73. The molecule has 0 spiro atoms. The zero-order valence-corrected chi connectivity index (χ0v) is 19.6. The van der Waals surface area contributed by atoms with Gasteiger partial charge in [-0.3, -0.25) is 0 Å². The Hall–Kier alpha value is -4.06. The van der Waals surface area contributed by atoms with Gasteiger partial charge in [-0.15, -0.1) is 0 Å². The van der Waals surface area contributed by atoms with Crippen molar-refractivity contribution in [2.24, 2.45) is 0 Å². The van der Waals surface area contributed by atoms with Crippen LogP contribution < -0.4 is 9.64 Å². The summed E-state index contributed by atoms with van der Waals surface area (Å²) in [6.45, 7) is 5.35. The lowest BCUT2D eigenvalue weighted by Gasteiger charge is -2.22. The van der Waals surface area contributed by atoms with Crippen LogP contribution in [-0.4, -0.2) is 30.9 Å². The molecular weight excluding hydrogens is 430 g/mol. The first-order valence-electron chi connectivity index (χ1n) is 11.0. The van der Waals surface area contributed by atoms with Gasteiger partial charge in [0.05, 0.1) is 11.4 Å². The summed E-state index contributed by atoms with van der Waals surface area (Å²) in [6.07, 6.45) is 3.10. The number of hydrogen-bond acceptors (Lipinski definition) is 5. The highest BCUT2D eigenvalue weighted by Gasteiger charge is 2.19. The molecule has 176 valence electrons. The van der Waals surface area contributed by atoms with Gasteiger partial charge >= 0.3 is 12.1 Å². The van der Waals surface area contributed by atoms with Gasteiger partial charge in [0.15, 0.2) is 6.61 Å². The number of benzene rings is 3. The molecule has 0 aliphatic carbocycles. The largest absolute Gasteiger partial charge is 0.482 e. The second-order valence-corrected chi connectivity index (χ2v) is 8.43. The molecule has 0 unspecified atom stereocenters. The minimum atomic E-state index is -0.556. The lowest BCUT2D eigenvalue weighted by molar-refractivity contribution is -0.157. The van der Waals surface area contributed by atoms with E-state index in [9.17, 15) is 9.59 Å². The van der Waals surface area contributed by atoms with Crippen molar-refractivity contribution in [1.82, 2.24) is 0 Å². The normalized spacial score (nSPS) is 11.1. The number of carbonyl (C=O) groups excluding carboxylic acids is 2. The van der Waals surface area contributed by atoms with Gasteiger partial charge in [0.2, 0.25) is 0 Å². The van der Waals surface area contributed by atoms with E-state index in [-0.39, 0.29) is 13.2 Å². The van der Waals surface area contributed by atoms with Gasteiger partial charge in [-0.1, -0.05) is 54.6 Å². The Morgan fingerprint density at radius 1 is 0.853 bits per heavy atom. The highest BCUT2D eigenvalue weighted by atomic mass is 16.6. The number of anilines is 2. The average molecular weight is 460 g/mol. The van der Waals surface area contributed by atoms with Crippen LogP contribution in [0.2, 0.25) is 0 Å². The SMILES string of the molecule is CC(C)(C)OC(=O)COc1cccc(/C=C/COC(=O)N(c2ccccc2)c2ccccc2)c1. The van der Waals surface area contributed by atoms with Crippen molar-refractivity contribution in [2.75, 3.05) is 18.1 Å². The number of esters is 1. The summed E-state index contributed by atoms with van der Waals surface area (Å²) in [7, 11) is 0. The van der Waals surface area contributed by atoms with Crippen LogP contribution in [0.5, 0.6) is 5.75 Å². The van der Waals surface area contributed by atoms with E-state index in [1.807, 2.05) is 99.6 Å². The predicted molar refractivity (Wildman–Crippen MR) is 133 cm³/mol. The van der Waals surface area contributed by atoms with E-state index in [0.717, 1.165) is 16.9 Å². The van der Waals surface area contributed by atoms with Gasteiger partial charge in [0, 0.05) is 0 Å². The average Bonchev–Trinajstić information content (AvgIpc) is 2.81. The molecule has 3 aromatic carbocycles. The maximum atomic E-state index is 12.9. The van der Waals surface area contributed by atoms with Crippen molar-refractivity contribution in [3.63, 3.8) is 0 Å². The topological polar surface area (TPSA) is 65.1 Å². The van der Waals surface area contributed by atoms with Crippen molar-refractivity contribution in [2.45, 2.75) is 26.4 Å². The van der Waals surface area contributed by atoms with Crippen LogP contribution in [0.15, 0.2) is 91.0 Å². The summed E-state index contributed by atoms with van der Waals surface area (Å²) in [5, 5.41) is 0. The third kappa shape index (κ3) is 7.81. The standard InChI is InChI=1S/C28H29NO5/c1-28(2,3)34-26(30)21-33-25-18-10-12-22(20-25)13-11-19-32-27(31)29(23-14-6-4-7-15-23)24-16-8-5-9-17-24/h4-18,20H,19,21H2,1-3H3/b13-11+. The molecule has 0 atom stereocenters. The Kier molecular flexibility index (Phi) is 8.46. The summed E-state index contributed by atoms with van der Waals surface area (Å²) >= 11 is 0. The molecule has 0 saturated heterocycles. The van der Waals surface area contributed by atoms with E-state index in [0.29, 0.717) is 5.75 Å². The molecular formula is C28H29NO5. The number of ether oxygens (including phenoxy) is 3. The number of nitrogens with zero attached hydrogens (tertiary/aromatic N) is 1. The summed E-state index contributed by atoms with van der Waals surface area (Å²) in [5.74, 6) is 0.117. The zero-order valence-electron chi connectivity index (χ0n) is 19.6. The lowest BCUT2D eigenvalue weighted by Crippen LogP contribution is -2.27. The van der Waals surface area contributed by atoms with E-state index in [1.165, 1.54) is 4.90 Å². The van der Waals surface area contributed by atoms with Crippen LogP contribution in [0, 0.1) is 0 Å². The van der Waals surface area contributed by atoms with Crippen molar-refractivity contribution < 1.29 is 23.8 Å². The molecule has 0 bridgehead atoms. The molecule has 0 radical (unpaired) electrons. The predicted octanol–water partition coefficient (Wildman–Crippen LogP) is 6.40. The fourth-order valence-electron chi connectivity index (χ4n) is 3.10. The molecule has 3 aromatic rings.